The second kappa shape index (κ2) is 13.1. The molecule has 3 amide bonds. The number of nitrogens with zero attached hydrogens (tertiary/aromatic N) is 2. The van der Waals surface area contributed by atoms with Gasteiger partial charge in [0, 0.05) is 23.7 Å². The van der Waals surface area contributed by atoms with E-state index in [9.17, 15) is 19.5 Å². The van der Waals surface area contributed by atoms with Crippen molar-refractivity contribution in [2.45, 2.75) is 83.5 Å². The molecule has 1 aromatic heterocycles. The second-order valence-electron chi connectivity index (χ2n) is 11.1. The van der Waals surface area contributed by atoms with Crippen molar-refractivity contribution in [3.05, 3.63) is 70.4 Å². The van der Waals surface area contributed by atoms with Crippen LogP contribution in [0.1, 0.15) is 102 Å². The van der Waals surface area contributed by atoms with Gasteiger partial charge in [-0.05, 0) is 80.3 Å². The van der Waals surface area contributed by atoms with Gasteiger partial charge in [-0.1, -0.05) is 50.7 Å². The fraction of sp³-hybridized carbons (Fsp3) is 0.455. The summed E-state index contributed by atoms with van der Waals surface area (Å²) in [5, 5.41) is 14.0. The summed E-state index contributed by atoms with van der Waals surface area (Å²) in [6, 6.07) is 12.3. The number of pyridine rings is 1. The Morgan fingerprint density at radius 1 is 0.850 bits per heavy atom. The molecule has 7 nitrogen and oxygen atoms in total. The Morgan fingerprint density at radius 2 is 1.50 bits per heavy atom. The molecule has 0 saturated carbocycles. The van der Waals surface area contributed by atoms with Gasteiger partial charge in [0.05, 0.1) is 16.6 Å². The minimum absolute atomic E-state index is 0.229. The Labute approximate surface area is 236 Å². The van der Waals surface area contributed by atoms with Gasteiger partial charge in [-0.3, -0.25) is 24.3 Å². The van der Waals surface area contributed by atoms with E-state index in [1.54, 1.807) is 36.4 Å². The number of carbonyl (C=O) groups excluding carboxylic acids is 3. The highest BCUT2D eigenvalue weighted by Gasteiger charge is 2.36. The average molecular weight is 542 g/mol. The summed E-state index contributed by atoms with van der Waals surface area (Å²) in [6.45, 7) is 0.330. The van der Waals surface area contributed by atoms with E-state index in [0.29, 0.717) is 17.7 Å². The van der Waals surface area contributed by atoms with Crippen LogP contribution in [0.3, 0.4) is 0 Å². The van der Waals surface area contributed by atoms with Crippen LogP contribution in [0.25, 0.3) is 10.9 Å². The van der Waals surface area contributed by atoms with Crippen molar-refractivity contribution in [2.24, 2.45) is 0 Å². The van der Waals surface area contributed by atoms with Crippen LogP contribution >= 0.6 is 0 Å². The van der Waals surface area contributed by atoms with E-state index < -0.39 is 11.8 Å². The number of aromatic nitrogens is 1. The fourth-order valence-corrected chi connectivity index (χ4v) is 6.10. The number of nitrogens with one attached hydrogen (secondary N) is 1. The number of imide groups is 1. The molecular formula is C33H39N3O4. The molecule has 0 unspecified atom stereocenters. The summed E-state index contributed by atoms with van der Waals surface area (Å²) in [7, 11) is 0. The zero-order chi connectivity index (χ0) is 27.9. The maximum atomic E-state index is 12.4. The van der Waals surface area contributed by atoms with Crippen molar-refractivity contribution in [1.82, 2.24) is 15.2 Å². The fourth-order valence-electron chi connectivity index (χ4n) is 6.10. The Balaban J connectivity index is 0.945. The molecule has 0 saturated heterocycles. The largest absolute Gasteiger partial charge is 0.508 e. The molecule has 0 bridgehead atoms. The molecule has 2 N–H and O–H groups in total. The first-order chi connectivity index (χ1) is 19.5. The van der Waals surface area contributed by atoms with Gasteiger partial charge < -0.3 is 10.4 Å². The number of aryl methyl sites for hydroxylation is 2. The molecule has 1 aliphatic carbocycles. The smallest absolute Gasteiger partial charge is 0.262 e. The molecule has 3 aromatic rings. The van der Waals surface area contributed by atoms with E-state index in [0.717, 1.165) is 48.9 Å². The van der Waals surface area contributed by atoms with Crippen molar-refractivity contribution >= 4 is 28.6 Å². The van der Waals surface area contributed by atoms with Crippen LogP contribution < -0.4 is 5.32 Å². The number of hydrogen-bond donors (Lipinski definition) is 2. The monoisotopic (exact) mass is 541 g/mol. The van der Waals surface area contributed by atoms with Gasteiger partial charge >= 0.3 is 0 Å². The summed E-state index contributed by atoms with van der Waals surface area (Å²) in [6.07, 6.45) is 14.8. The molecular weight excluding hydrogens is 502 g/mol. The zero-order valence-corrected chi connectivity index (χ0v) is 23.2. The van der Waals surface area contributed by atoms with Crippen molar-refractivity contribution in [3.8, 4) is 5.75 Å². The third kappa shape index (κ3) is 6.35. The van der Waals surface area contributed by atoms with Gasteiger partial charge in [-0.2, -0.15) is 0 Å². The normalized spacial score (nSPS) is 14.4. The lowest BCUT2D eigenvalue weighted by Gasteiger charge is -2.21. The van der Waals surface area contributed by atoms with Gasteiger partial charge in [-0.25, -0.2) is 0 Å². The minimum Gasteiger partial charge on any atom is -0.508 e. The predicted molar refractivity (Wildman–Crippen MR) is 156 cm³/mol. The third-order valence-electron chi connectivity index (χ3n) is 8.22. The maximum Gasteiger partial charge on any atom is 0.262 e. The molecule has 0 fully saturated rings. The summed E-state index contributed by atoms with van der Waals surface area (Å²) < 4.78 is 0. The molecule has 5 rings (SSSR count). The van der Waals surface area contributed by atoms with Crippen LogP contribution in [-0.2, 0) is 24.1 Å². The predicted octanol–water partition coefficient (Wildman–Crippen LogP) is 5.89. The number of unbranched alkanes of at least 4 members (excludes halogenated alkanes) is 7. The zero-order valence-electron chi connectivity index (χ0n) is 23.2. The number of fused-ring (bicyclic) bond motifs is 3. The molecule has 0 radical (unpaired) electrons. The number of carbonyl (C=O) groups is 3. The van der Waals surface area contributed by atoms with E-state index in [2.05, 4.69) is 5.32 Å². The van der Waals surface area contributed by atoms with Crippen LogP contribution in [0.5, 0.6) is 5.75 Å². The number of phenols is 1. The van der Waals surface area contributed by atoms with Crippen molar-refractivity contribution < 1.29 is 19.5 Å². The van der Waals surface area contributed by atoms with Crippen LogP contribution in [0.4, 0.5) is 0 Å². The van der Waals surface area contributed by atoms with Gasteiger partial charge in [0.2, 0.25) is 5.91 Å². The van der Waals surface area contributed by atoms with E-state index in [1.807, 2.05) is 6.07 Å². The minimum atomic E-state index is -0.399. The molecule has 0 atom stereocenters. The standard InChI is InChI=1S/C33H39N3O4/c37-23-18-19-26-24(25-14-10-11-17-29(25)35-30(26)21-23)13-7-5-3-1-2-4-6-12-20-34-31(38)22-36-32(39)27-15-8-9-16-28(27)33(36)40/h8-9,15-16,18-19,21,37H,1-7,10-14,17,20,22H2,(H,34,38). The summed E-state index contributed by atoms with van der Waals surface area (Å²) in [4.78, 5) is 43.0. The van der Waals surface area contributed by atoms with Crippen molar-refractivity contribution in [3.63, 3.8) is 0 Å². The number of phenolic OH excluding ortho intramolecular Hbond substituents is 1. The van der Waals surface area contributed by atoms with E-state index in [4.69, 9.17) is 4.98 Å². The number of benzene rings is 2. The second-order valence-corrected chi connectivity index (χ2v) is 11.1. The van der Waals surface area contributed by atoms with Crippen LogP contribution in [0, 0.1) is 0 Å². The Hall–Kier alpha value is -3.74. The highest BCUT2D eigenvalue weighted by atomic mass is 16.3. The lowest BCUT2D eigenvalue weighted by molar-refractivity contribution is -0.121. The summed E-state index contributed by atoms with van der Waals surface area (Å²) in [5.74, 6) is -0.811. The number of aromatic hydroxyl groups is 1. The molecule has 2 aliphatic rings. The first kappa shape index (κ1) is 27.8. The maximum absolute atomic E-state index is 12.4. The van der Waals surface area contributed by atoms with Crippen LogP contribution in [0.15, 0.2) is 42.5 Å². The van der Waals surface area contributed by atoms with Gasteiger partial charge in [0.1, 0.15) is 12.3 Å². The molecule has 7 heteroatoms. The number of amides is 3. The highest BCUT2D eigenvalue weighted by Crippen LogP contribution is 2.32. The molecule has 1 aliphatic heterocycles. The topological polar surface area (TPSA) is 99.6 Å². The first-order valence-corrected chi connectivity index (χ1v) is 14.9. The summed E-state index contributed by atoms with van der Waals surface area (Å²) in [5.41, 5.74) is 5.80. The summed E-state index contributed by atoms with van der Waals surface area (Å²) >= 11 is 0. The molecule has 2 aromatic carbocycles. The molecule has 2 heterocycles. The first-order valence-electron chi connectivity index (χ1n) is 14.9. The van der Waals surface area contributed by atoms with E-state index in [1.165, 1.54) is 67.2 Å². The third-order valence-corrected chi connectivity index (χ3v) is 8.22. The Kier molecular flexibility index (Phi) is 9.09. The average Bonchev–Trinajstić information content (AvgIpc) is 3.20. The molecule has 40 heavy (non-hydrogen) atoms. The van der Waals surface area contributed by atoms with Crippen molar-refractivity contribution in [2.75, 3.05) is 13.1 Å². The Morgan fingerprint density at radius 3 is 2.23 bits per heavy atom. The van der Waals surface area contributed by atoms with E-state index >= 15 is 0 Å². The molecule has 210 valence electrons. The van der Waals surface area contributed by atoms with E-state index in [-0.39, 0.29) is 18.2 Å². The quantitative estimate of drug-likeness (QED) is 0.207. The SMILES string of the molecule is O=C(CN1C(=O)c2ccccc2C1=O)NCCCCCCCCCCc1c2c(nc3cc(O)ccc13)CCCC2. The van der Waals surface area contributed by atoms with Crippen LogP contribution in [-0.4, -0.2) is 45.8 Å². The van der Waals surface area contributed by atoms with Crippen LogP contribution in [0.2, 0.25) is 0 Å². The lowest BCUT2D eigenvalue weighted by Crippen LogP contribution is -2.40. The Bertz CT molecular complexity index is 1360. The van der Waals surface area contributed by atoms with Gasteiger partial charge in [-0.15, -0.1) is 0 Å². The number of hydrogen-bond acceptors (Lipinski definition) is 5. The lowest BCUT2D eigenvalue weighted by atomic mass is 9.87. The number of rotatable bonds is 13. The van der Waals surface area contributed by atoms with Gasteiger partial charge in [0.25, 0.3) is 11.8 Å². The van der Waals surface area contributed by atoms with Gasteiger partial charge in [0.15, 0.2) is 0 Å². The van der Waals surface area contributed by atoms with Crippen molar-refractivity contribution in [1.29, 1.82) is 0 Å². The highest BCUT2D eigenvalue weighted by molar-refractivity contribution is 6.22. The molecule has 0 spiro atoms.